The van der Waals surface area contributed by atoms with Gasteiger partial charge in [-0.1, -0.05) is 36.4 Å². The first-order valence-electron chi connectivity index (χ1n) is 8.14. The van der Waals surface area contributed by atoms with Crippen LogP contribution in [0.2, 0.25) is 0 Å². The fourth-order valence-corrected chi connectivity index (χ4v) is 3.50. The summed E-state index contributed by atoms with van der Waals surface area (Å²) in [7, 11) is -3.66. The normalized spacial score (nSPS) is 11.7. The highest BCUT2D eigenvalue weighted by molar-refractivity contribution is 7.89. The number of nitrogens with zero attached hydrogens (tertiary/aromatic N) is 1. The molecule has 1 aromatic heterocycles. The van der Waals surface area contributed by atoms with Crippen molar-refractivity contribution in [1.82, 2.24) is 4.98 Å². The zero-order chi connectivity index (χ0) is 18.1. The molecule has 0 bridgehead atoms. The third kappa shape index (κ3) is 3.24. The Morgan fingerprint density at radius 1 is 0.923 bits per heavy atom. The van der Waals surface area contributed by atoms with Crippen LogP contribution < -0.4 is 10.5 Å². The molecule has 0 aliphatic rings. The quantitative estimate of drug-likeness (QED) is 0.542. The summed E-state index contributed by atoms with van der Waals surface area (Å²) in [4.78, 5) is 4.58. The van der Waals surface area contributed by atoms with Gasteiger partial charge in [-0.2, -0.15) is 0 Å². The Hall–Kier alpha value is -2.96. The lowest BCUT2D eigenvalue weighted by atomic mass is 10.1. The van der Waals surface area contributed by atoms with Crippen LogP contribution in [0.4, 0.5) is 5.69 Å². The number of sulfonamides is 1. The molecule has 0 amide bonds. The second-order valence-electron chi connectivity index (χ2n) is 6.12. The fraction of sp³-hybridized carbons (Fsp3) is 0.0500. The van der Waals surface area contributed by atoms with Crippen LogP contribution in [0, 0.1) is 0 Å². The van der Waals surface area contributed by atoms with Crippen LogP contribution in [-0.4, -0.2) is 13.4 Å². The van der Waals surface area contributed by atoms with E-state index in [1.54, 1.807) is 18.3 Å². The maximum atomic E-state index is 11.3. The van der Waals surface area contributed by atoms with Gasteiger partial charge in [0, 0.05) is 23.8 Å². The summed E-state index contributed by atoms with van der Waals surface area (Å²) in [5, 5.41) is 11.9. The molecule has 4 aromatic rings. The first kappa shape index (κ1) is 16.5. The molecule has 3 aromatic carbocycles. The van der Waals surface area contributed by atoms with Crippen molar-refractivity contribution in [2.45, 2.75) is 11.4 Å². The van der Waals surface area contributed by atoms with E-state index in [1.807, 2.05) is 18.2 Å². The molecular formula is C20H17N3O2S. The Balaban J connectivity index is 1.64. The van der Waals surface area contributed by atoms with Crippen LogP contribution in [0.25, 0.3) is 21.7 Å². The van der Waals surface area contributed by atoms with Gasteiger partial charge in [-0.3, -0.25) is 4.98 Å². The maximum Gasteiger partial charge on any atom is 0.238 e. The largest absolute Gasteiger partial charge is 0.380 e. The maximum absolute atomic E-state index is 11.3. The van der Waals surface area contributed by atoms with Gasteiger partial charge >= 0.3 is 0 Å². The van der Waals surface area contributed by atoms with E-state index in [1.165, 1.54) is 12.1 Å². The number of fused-ring (bicyclic) bond motifs is 2. The molecule has 5 nitrogen and oxygen atoms in total. The second kappa shape index (κ2) is 6.40. The number of primary sulfonamides is 1. The smallest absolute Gasteiger partial charge is 0.238 e. The summed E-state index contributed by atoms with van der Waals surface area (Å²) < 4.78 is 22.7. The van der Waals surface area contributed by atoms with Crippen molar-refractivity contribution in [3.8, 4) is 0 Å². The third-order valence-electron chi connectivity index (χ3n) is 4.34. The average Bonchev–Trinajstić information content (AvgIpc) is 2.64. The Labute approximate surface area is 151 Å². The van der Waals surface area contributed by atoms with E-state index in [2.05, 4.69) is 34.6 Å². The predicted octanol–water partition coefficient (Wildman–Crippen LogP) is 3.65. The van der Waals surface area contributed by atoms with E-state index in [0.29, 0.717) is 6.54 Å². The molecule has 0 aliphatic heterocycles. The molecule has 0 aliphatic carbocycles. The van der Waals surface area contributed by atoms with Crippen LogP contribution in [0.15, 0.2) is 77.8 Å². The molecule has 0 atom stereocenters. The minimum atomic E-state index is -3.66. The lowest BCUT2D eigenvalue weighted by molar-refractivity contribution is 0.598. The molecule has 0 spiro atoms. The molecule has 130 valence electrons. The average molecular weight is 363 g/mol. The van der Waals surface area contributed by atoms with Gasteiger partial charge in [0.1, 0.15) is 0 Å². The fourth-order valence-electron chi connectivity index (χ4n) is 2.98. The number of hydrogen-bond donors (Lipinski definition) is 2. The van der Waals surface area contributed by atoms with Crippen LogP contribution >= 0.6 is 0 Å². The van der Waals surface area contributed by atoms with Crippen molar-refractivity contribution < 1.29 is 8.42 Å². The van der Waals surface area contributed by atoms with Crippen LogP contribution in [0.3, 0.4) is 0 Å². The minimum Gasteiger partial charge on any atom is -0.380 e. The van der Waals surface area contributed by atoms with Crippen LogP contribution in [-0.2, 0) is 16.6 Å². The number of pyridine rings is 1. The van der Waals surface area contributed by atoms with Crippen molar-refractivity contribution in [3.63, 3.8) is 0 Å². The minimum absolute atomic E-state index is 0.113. The predicted molar refractivity (Wildman–Crippen MR) is 104 cm³/mol. The first-order valence-corrected chi connectivity index (χ1v) is 9.68. The van der Waals surface area contributed by atoms with E-state index in [4.69, 9.17) is 5.14 Å². The molecule has 6 heteroatoms. The molecule has 26 heavy (non-hydrogen) atoms. The van der Waals surface area contributed by atoms with E-state index in [0.717, 1.165) is 32.9 Å². The number of nitrogens with two attached hydrogens (primary N) is 1. The van der Waals surface area contributed by atoms with Crippen LogP contribution in [0.5, 0.6) is 0 Å². The highest BCUT2D eigenvalue weighted by Gasteiger charge is 2.07. The van der Waals surface area contributed by atoms with Gasteiger partial charge in [-0.05, 0) is 46.7 Å². The van der Waals surface area contributed by atoms with Gasteiger partial charge in [-0.15, -0.1) is 0 Å². The van der Waals surface area contributed by atoms with E-state index in [-0.39, 0.29) is 4.90 Å². The summed E-state index contributed by atoms with van der Waals surface area (Å²) in [6.07, 6.45) is 1.78. The van der Waals surface area contributed by atoms with Gasteiger partial charge in [0.05, 0.1) is 10.4 Å². The lowest BCUT2D eigenvalue weighted by Crippen LogP contribution is -2.12. The monoisotopic (exact) mass is 363 g/mol. The Morgan fingerprint density at radius 2 is 1.62 bits per heavy atom. The summed E-state index contributed by atoms with van der Waals surface area (Å²) in [5.74, 6) is 0. The molecule has 0 unspecified atom stereocenters. The Bertz CT molecular complexity index is 1200. The zero-order valence-corrected chi connectivity index (χ0v) is 14.7. The summed E-state index contributed by atoms with van der Waals surface area (Å²) in [5.41, 5.74) is 2.87. The first-order chi connectivity index (χ1) is 12.5. The third-order valence-corrected chi connectivity index (χ3v) is 5.27. The molecule has 0 fully saturated rings. The second-order valence-corrected chi connectivity index (χ2v) is 7.68. The molecule has 3 N–H and O–H groups in total. The number of hydrogen-bond acceptors (Lipinski definition) is 4. The van der Waals surface area contributed by atoms with Crippen molar-refractivity contribution in [1.29, 1.82) is 0 Å². The standard InChI is InChI=1S/C20H17N3O2S/c21-26(24,25)17-7-5-14(6-8-17)13-23-19-9-10-22-20-12-16-4-2-1-3-15(16)11-18(19)20/h1-12H,13H2,(H,22,23)(H2,21,24,25). The lowest BCUT2D eigenvalue weighted by Gasteiger charge is -2.11. The van der Waals surface area contributed by atoms with Crippen molar-refractivity contribution in [2.24, 2.45) is 5.14 Å². The summed E-state index contributed by atoms with van der Waals surface area (Å²) in [6, 6.07) is 20.9. The van der Waals surface area contributed by atoms with Gasteiger partial charge in [-0.25, -0.2) is 13.6 Å². The van der Waals surface area contributed by atoms with Gasteiger partial charge < -0.3 is 5.32 Å². The van der Waals surface area contributed by atoms with Gasteiger partial charge in [0.15, 0.2) is 0 Å². The van der Waals surface area contributed by atoms with Crippen molar-refractivity contribution in [2.75, 3.05) is 5.32 Å². The molecular weight excluding hydrogens is 346 g/mol. The number of nitrogens with one attached hydrogen (secondary N) is 1. The summed E-state index contributed by atoms with van der Waals surface area (Å²) in [6.45, 7) is 0.566. The van der Waals surface area contributed by atoms with Gasteiger partial charge in [0.25, 0.3) is 0 Å². The van der Waals surface area contributed by atoms with E-state index < -0.39 is 10.0 Å². The number of anilines is 1. The van der Waals surface area contributed by atoms with Crippen molar-refractivity contribution in [3.05, 3.63) is 78.5 Å². The molecule has 0 saturated heterocycles. The zero-order valence-electron chi connectivity index (χ0n) is 13.9. The molecule has 0 radical (unpaired) electrons. The Kier molecular flexibility index (Phi) is 4.06. The number of benzene rings is 3. The van der Waals surface area contributed by atoms with Crippen LogP contribution in [0.1, 0.15) is 5.56 Å². The highest BCUT2D eigenvalue weighted by atomic mass is 32.2. The molecule has 0 saturated carbocycles. The number of rotatable bonds is 4. The van der Waals surface area contributed by atoms with E-state index >= 15 is 0 Å². The highest BCUT2D eigenvalue weighted by Crippen LogP contribution is 2.27. The van der Waals surface area contributed by atoms with Crippen molar-refractivity contribution >= 4 is 37.4 Å². The molecule has 1 heterocycles. The summed E-state index contributed by atoms with van der Waals surface area (Å²) >= 11 is 0. The number of aromatic nitrogens is 1. The topological polar surface area (TPSA) is 85.1 Å². The van der Waals surface area contributed by atoms with E-state index in [9.17, 15) is 8.42 Å². The SMILES string of the molecule is NS(=O)(=O)c1ccc(CNc2ccnc3cc4ccccc4cc23)cc1. The van der Waals surface area contributed by atoms with Gasteiger partial charge in [0.2, 0.25) is 10.0 Å². The Morgan fingerprint density at radius 3 is 2.31 bits per heavy atom. The molecule has 4 rings (SSSR count).